The molecule has 0 spiro atoms. The molecule has 2 rings (SSSR count). The van der Waals surface area contributed by atoms with E-state index in [-0.39, 0.29) is 6.04 Å². The number of aromatic nitrogens is 2. The van der Waals surface area contributed by atoms with Crippen molar-refractivity contribution in [1.29, 1.82) is 0 Å². The molecule has 0 aliphatic carbocycles. The summed E-state index contributed by atoms with van der Waals surface area (Å²) in [5.41, 5.74) is 1.02. The maximum Gasteiger partial charge on any atom is 0.130 e. The van der Waals surface area contributed by atoms with Crippen molar-refractivity contribution >= 4 is 27.5 Å². The smallest absolute Gasteiger partial charge is 0.130 e. The van der Waals surface area contributed by atoms with Gasteiger partial charge in [-0.25, -0.2) is 4.98 Å². The summed E-state index contributed by atoms with van der Waals surface area (Å²) in [6.07, 6.45) is 3.79. The predicted octanol–water partition coefficient (Wildman–Crippen LogP) is 3.63. The van der Waals surface area contributed by atoms with Crippen LogP contribution in [0.15, 0.2) is 35.1 Å². The number of imidazole rings is 1. The van der Waals surface area contributed by atoms with Gasteiger partial charge in [-0.05, 0) is 41.5 Å². The molecule has 0 amide bonds. The maximum atomic E-state index is 6.36. The first-order valence-corrected chi connectivity index (χ1v) is 6.98. The van der Waals surface area contributed by atoms with Crippen molar-refractivity contribution in [3.05, 3.63) is 51.5 Å². The number of hydrogen-bond acceptors (Lipinski definition) is 2. The van der Waals surface area contributed by atoms with Crippen LogP contribution in [0, 0.1) is 0 Å². The summed E-state index contributed by atoms with van der Waals surface area (Å²) >= 11 is 9.81. The van der Waals surface area contributed by atoms with Gasteiger partial charge in [0.05, 0.1) is 11.1 Å². The van der Waals surface area contributed by atoms with Gasteiger partial charge in [0.25, 0.3) is 0 Å². The van der Waals surface area contributed by atoms with E-state index in [9.17, 15) is 0 Å². The molecule has 0 saturated heterocycles. The van der Waals surface area contributed by atoms with E-state index in [1.54, 1.807) is 0 Å². The summed E-state index contributed by atoms with van der Waals surface area (Å²) in [5, 5.41) is 4.00. The summed E-state index contributed by atoms with van der Waals surface area (Å²) < 4.78 is 3.01. The Hall–Kier alpha value is -0.840. The van der Waals surface area contributed by atoms with Gasteiger partial charge in [0.15, 0.2) is 0 Å². The largest absolute Gasteiger partial charge is 0.334 e. The lowest BCUT2D eigenvalue weighted by Gasteiger charge is -2.19. The van der Waals surface area contributed by atoms with E-state index in [1.165, 1.54) is 0 Å². The minimum absolute atomic E-state index is 0.00931. The predicted molar refractivity (Wildman–Crippen MR) is 78.0 cm³/mol. The molecule has 1 aromatic carbocycles. The second-order valence-corrected chi connectivity index (χ2v) is 5.17. The quantitative estimate of drug-likeness (QED) is 0.929. The fourth-order valence-electron chi connectivity index (χ4n) is 2.02. The molecule has 0 fully saturated rings. The monoisotopic (exact) mass is 327 g/mol. The van der Waals surface area contributed by atoms with E-state index in [2.05, 4.69) is 37.7 Å². The van der Waals surface area contributed by atoms with E-state index in [4.69, 9.17) is 11.6 Å². The van der Waals surface area contributed by atoms with Crippen LogP contribution in [0.3, 0.4) is 0 Å². The van der Waals surface area contributed by atoms with Gasteiger partial charge < -0.3 is 9.88 Å². The molecule has 18 heavy (non-hydrogen) atoms. The van der Waals surface area contributed by atoms with Crippen molar-refractivity contribution in [3.8, 4) is 0 Å². The number of nitrogens with one attached hydrogen (secondary N) is 1. The van der Waals surface area contributed by atoms with E-state index in [0.29, 0.717) is 0 Å². The van der Waals surface area contributed by atoms with Crippen molar-refractivity contribution in [2.75, 3.05) is 7.05 Å². The third-order valence-corrected chi connectivity index (χ3v) is 4.24. The molecule has 5 heteroatoms. The SMILES string of the molecule is CCn1ccnc1C(NC)c1cccc(Br)c1Cl. The number of aryl methyl sites for hydroxylation is 1. The van der Waals surface area contributed by atoms with Gasteiger partial charge in [0, 0.05) is 23.4 Å². The molecule has 0 radical (unpaired) electrons. The molecule has 1 heterocycles. The Morgan fingerprint density at radius 1 is 1.50 bits per heavy atom. The topological polar surface area (TPSA) is 29.9 Å². The first-order chi connectivity index (χ1) is 8.69. The van der Waals surface area contributed by atoms with Crippen LogP contribution in [0.5, 0.6) is 0 Å². The van der Waals surface area contributed by atoms with Gasteiger partial charge in [0.1, 0.15) is 5.82 Å². The molecule has 1 unspecified atom stereocenters. The average molecular weight is 329 g/mol. The van der Waals surface area contributed by atoms with Crippen molar-refractivity contribution in [2.24, 2.45) is 0 Å². The molecular weight excluding hydrogens is 314 g/mol. The molecule has 96 valence electrons. The molecule has 0 aliphatic rings. The van der Waals surface area contributed by atoms with Gasteiger partial charge in [-0.3, -0.25) is 0 Å². The summed E-state index contributed by atoms with van der Waals surface area (Å²) in [4.78, 5) is 4.43. The highest BCUT2D eigenvalue weighted by Gasteiger charge is 2.20. The lowest BCUT2D eigenvalue weighted by Crippen LogP contribution is -2.22. The molecule has 3 nitrogen and oxygen atoms in total. The van der Waals surface area contributed by atoms with Crippen LogP contribution >= 0.6 is 27.5 Å². The molecule has 1 atom stereocenters. The van der Waals surface area contributed by atoms with E-state index >= 15 is 0 Å². The van der Waals surface area contributed by atoms with Crippen molar-refractivity contribution in [2.45, 2.75) is 19.5 Å². The van der Waals surface area contributed by atoms with Gasteiger partial charge >= 0.3 is 0 Å². The zero-order valence-electron chi connectivity index (χ0n) is 10.3. The minimum atomic E-state index is -0.00931. The average Bonchev–Trinajstić information content (AvgIpc) is 2.83. The summed E-state index contributed by atoms with van der Waals surface area (Å²) in [6, 6.07) is 5.92. The Morgan fingerprint density at radius 3 is 2.94 bits per heavy atom. The zero-order valence-corrected chi connectivity index (χ0v) is 12.7. The number of nitrogens with zero attached hydrogens (tertiary/aromatic N) is 2. The zero-order chi connectivity index (χ0) is 13.1. The number of halogens is 2. The van der Waals surface area contributed by atoms with E-state index in [1.807, 2.05) is 37.6 Å². The molecular formula is C13H15BrClN3. The fraction of sp³-hybridized carbons (Fsp3) is 0.308. The van der Waals surface area contributed by atoms with Gasteiger partial charge in [0.2, 0.25) is 0 Å². The van der Waals surface area contributed by atoms with Crippen LogP contribution < -0.4 is 5.32 Å². The molecule has 1 N–H and O–H groups in total. The van der Waals surface area contributed by atoms with Gasteiger partial charge in [-0.2, -0.15) is 0 Å². The van der Waals surface area contributed by atoms with Crippen LogP contribution in [0.2, 0.25) is 5.02 Å². The highest BCUT2D eigenvalue weighted by molar-refractivity contribution is 9.10. The van der Waals surface area contributed by atoms with E-state index < -0.39 is 0 Å². The Balaban J connectivity index is 2.49. The molecule has 0 bridgehead atoms. The number of benzene rings is 1. The Morgan fingerprint density at radius 2 is 2.28 bits per heavy atom. The second kappa shape index (κ2) is 5.87. The standard InChI is InChI=1S/C13H15BrClN3/c1-3-18-8-7-17-13(18)12(16-2)9-5-4-6-10(14)11(9)15/h4-8,12,16H,3H2,1-2H3. The normalized spacial score (nSPS) is 12.7. The summed E-state index contributed by atoms with van der Waals surface area (Å²) in [5.74, 6) is 0.972. The number of hydrogen-bond donors (Lipinski definition) is 1. The molecule has 1 aromatic heterocycles. The molecule has 2 aromatic rings. The van der Waals surface area contributed by atoms with Crippen molar-refractivity contribution in [1.82, 2.24) is 14.9 Å². The van der Waals surface area contributed by atoms with Crippen LogP contribution in [0.1, 0.15) is 24.4 Å². The summed E-state index contributed by atoms with van der Waals surface area (Å²) in [7, 11) is 1.91. The highest BCUT2D eigenvalue weighted by Crippen LogP contribution is 2.32. The van der Waals surface area contributed by atoms with Crippen LogP contribution in [-0.4, -0.2) is 16.6 Å². The Kier molecular flexibility index (Phi) is 4.43. The number of rotatable bonds is 4. The van der Waals surface area contributed by atoms with Gasteiger partial charge in [-0.15, -0.1) is 0 Å². The highest BCUT2D eigenvalue weighted by atomic mass is 79.9. The second-order valence-electron chi connectivity index (χ2n) is 3.94. The Bertz CT molecular complexity index is 539. The van der Waals surface area contributed by atoms with Crippen LogP contribution in [0.25, 0.3) is 0 Å². The van der Waals surface area contributed by atoms with Crippen molar-refractivity contribution in [3.63, 3.8) is 0 Å². The minimum Gasteiger partial charge on any atom is -0.334 e. The third-order valence-electron chi connectivity index (χ3n) is 2.93. The third kappa shape index (κ3) is 2.46. The first-order valence-electron chi connectivity index (χ1n) is 5.81. The van der Waals surface area contributed by atoms with Gasteiger partial charge in [-0.1, -0.05) is 23.7 Å². The molecule has 0 aliphatic heterocycles. The summed E-state index contributed by atoms with van der Waals surface area (Å²) in [6.45, 7) is 2.99. The fourth-order valence-corrected chi connectivity index (χ4v) is 2.63. The van der Waals surface area contributed by atoms with Crippen LogP contribution in [-0.2, 0) is 6.54 Å². The van der Waals surface area contributed by atoms with E-state index in [0.717, 1.165) is 27.4 Å². The first kappa shape index (κ1) is 13.6. The lowest BCUT2D eigenvalue weighted by molar-refractivity contribution is 0.590. The Labute approximate surface area is 120 Å². The van der Waals surface area contributed by atoms with Crippen LogP contribution in [0.4, 0.5) is 0 Å². The maximum absolute atomic E-state index is 6.36. The molecule has 0 saturated carbocycles. The lowest BCUT2D eigenvalue weighted by atomic mass is 10.1. The van der Waals surface area contributed by atoms with Crippen molar-refractivity contribution < 1.29 is 0 Å².